The van der Waals surface area contributed by atoms with Crippen LogP contribution in [-0.2, 0) is 16.6 Å². The number of aliphatic imine (C=N–C) groups is 1. The summed E-state index contributed by atoms with van der Waals surface area (Å²) in [7, 11) is -0.281. The molecule has 172 valence electrons. The lowest BCUT2D eigenvalue weighted by Crippen LogP contribution is -2.44. The molecule has 0 aliphatic carbocycles. The number of benzene rings is 1. The van der Waals surface area contributed by atoms with E-state index in [9.17, 15) is 8.42 Å². The SMILES string of the molecule is CN=C(NCc1ccc(S(=O)(=O)NC)cc1)NCC(c1ccco1)N1CCCCC1.I. The lowest BCUT2D eigenvalue weighted by molar-refractivity contribution is 0.146. The summed E-state index contributed by atoms with van der Waals surface area (Å²) in [4.78, 5) is 7.02. The van der Waals surface area contributed by atoms with Crippen molar-refractivity contribution < 1.29 is 12.8 Å². The number of likely N-dealkylation sites (tertiary alicyclic amines) is 1. The molecule has 1 aromatic heterocycles. The largest absolute Gasteiger partial charge is 0.468 e. The van der Waals surface area contributed by atoms with Crippen molar-refractivity contribution in [3.8, 4) is 0 Å². The fourth-order valence-corrected chi connectivity index (χ4v) is 4.35. The molecule has 1 atom stereocenters. The van der Waals surface area contributed by atoms with Crippen molar-refractivity contribution in [2.24, 2.45) is 4.99 Å². The molecule has 1 aliphatic rings. The van der Waals surface area contributed by atoms with Gasteiger partial charge in [0, 0.05) is 20.1 Å². The van der Waals surface area contributed by atoms with Crippen LogP contribution in [0.3, 0.4) is 0 Å². The number of nitrogens with zero attached hydrogens (tertiary/aromatic N) is 2. The summed E-state index contributed by atoms with van der Waals surface area (Å²) in [6.45, 7) is 3.36. The Bertz CT molecular complexity index is 911. The number of furan rings is 1. The lowest BCUT2D eigenvalue weighted by Gasteiger charge is -2.33. The van der Waals surface area contributed by atoms with E-state index < -0.39 is 10.0 Å². The summed E-state index contributed by atoms with van der Waals surface area (Å²) in [5.41, 5.74) is 0.964. The summed E-state index contributed by atoms with van der Waals surface area (Å²) in [5.74, 6) is 1.65. The maximum absolute atomic E-state index is 11.8. The van der Waals surface area contributed by atoms with Crippen LogP contribution < -0.4 is 15.4 Å². The van der Waals surface area contributed by atoms with Crippen LogP contribution in [0.1, 0.15) is 36.6 Å². The van der Waals surface area contributed by atoms with Gasteiger partial charge in [0.1, 0.15) is 5.76 Å². The Morgan fingerprint density at radius 3 is 2.42 bits per heavy atom. The van der Waals surface area contributed by atoms with E-state index >= 15 is 0 Å². The van der Waals surface area contributed by atoms with Crippen LogP contribution in [0.4, 0.5) is 0 Å². The van der Waals surface area contributed by atoms with Crippen molar-refractivity contribution in [2.75, 3.05) is 33.7 Å². The summed E-state index contributed by atoms with van der Waals surface area (Å²) in [5, 5.41) is 6.69. The Hall–Kier alpha value is -1.63. The molecule has 0 radical (unpaired) electrons. The van der Waals surface area contributed by atoms with E-state index in [0.29, 0.717) is 19.0 Å². The predicted octanol–water partition coefficient (Wildman–Crippen LogP) is 2.70. The molecule has 1 aliphatic heterocycles. The second-order valence-corrected chi connectivity index (χ2v) is 9.17. The zero-order valence-corrected chi connectivity index (χ0v) is 21.2. The minimum absolute atomic E-state index is 0. The molecule has 2 heterocycles. The lowest BCUT2D eigenvalue weighted by atomic mass is 10.1. The van der Waals surface area contributed by atoms with E-state index in [4.69, 9.17) is 4.42 Å². The Labute approximate surface area is 202 Å². The highest BCUT2D eigenvalue weighted by Gasteiger charge is 2.24. The summed E-state index contributed by atoms with van der Waals surface area (Å²) < 4.78 is 31.7. The van der Waals surface area contributed by atoms with E-state index in [1.807, 2.05) is 12.1 Å². The van der Waals surface area contributed by atoms with Crippen LogP contribution in [0.2, 0.25) is 0 Å². The highest BCUT2D eigenvalue weighted by molar-refractivity contribution is 14.0. The van der Waals surface area contributed by atoms with Crippen LogP contribution in [0, 0.1) is 0 Å². The Kier molecular flexibility index (Phi) is 10.3. The van der Waals surface area contributed by atoms with Crippen molar-refractivity contribution in [1.82, 2.24) is 20.3 Å². The molecule has 8 nitrogen and oxygen atoms in total. The molecule has 0 saturated carbocycles. The van der Waals surface area contributed by atoms with E-state index in [2.05, 4.69) is 25.2 Å². The summed E-state index contributed by atoms with van der Waals surface area (Å²) in [6.07, 6.45) is 5.43. The number of hydrogen-bond donors (Lipinski definition) is 3. The van der Waals surface area contributed by atoms with E-state index in [1.54, 1.807) is 37.6 Å². The molecule has 3 rings (SSSR count). The Balaban J connectivity index is 0.00000341. The number of halogens is 1. The molecule has 31 heavy (non-hydrogen) atoms. The van der Waals surface area contributed by atoms with Gasteiger partial charge in [-0.15, -0.1) is 24.0 Å². The third-order valence-corrected chi connectivity index (χ3v) is 6.78. The minimum atomic E-state index is -3.42. The molecule has 0 amide bonds. The molecule has 1 aromatic carbocycles. The molecule has 1 saturated heterocycles. The van der Waals surface area contributed by atoms with E-state index in [0.717, 1.165) is 24.4 Å². The second kappa shape index (κ2) is 12.4. The first kappa shape index (κ1) is 25.6. The highest BCUT2D eigenvalue weighted by atomic mass is 127. The predicted molar refractivity (Wildman–Crippen MR) is 133 cm³/mol. The smallest absolute Gasteiger partial charge is 0.240 e. The monoisotopic (exact) mass is 561 g/mol. The molecule has 1 fully saturated rings. The van der Waals surface area contributed by atoms with Crippen molar-refractivity contribution in [3.63, 3.8) is 0 Å². The van der Waals surface area contributed by atoms with Gasteiger partial charge in [-0.25, -0.2) is 13.1 Å². The average Bonchev–Trinajstić information content (AvgIpc) is 3.31. The standard InChI is InChI=1S/C21H31N5O3S.HI/c1-22-21(24-15-17-8-10-18(11-9-17)30(27,28)23-2)25-16-19(20-7-6-14-29-20)26-12-4-3-5-13-26;/h6-11,14,19,23H,3-5,12-13,15-16H2,1-2H3,(H2,22,24,25);1H. The van der Waals surface area contributed by atoms with Crippen molar-refractivity contribution in [2.45, 2.75) is 36.7 Å². The van der Waals surface area contributed by atoms with Gasteiger partial charge in [-0.2, -0.15) is 0 Å². The molecular formula is C21H32IN5O3S. The molecular weight excluding hydrogens is 529 g/mol. The average molecular weight is 561 g/mol. The van der Waals surface area contributed by atoms with Crippen LogP contribution in [0.5, 0.6) is 0 Å². The first-order valence-electron chi connectivity index (χ1n) is 10.3. The molecule has 2 aromatic rings. The van der Waals surface area contributed by atoms with Gasteiger partial charge in [-0.05, 0) is 62.8 Å². The molecule has 10 heteroatoms. The van der Waals surface area contributed by atoms with E-state index in [-0.39, 0.29) is 34.9 Å². The Morgan fingerprint density at radius 2 is 1.84 bits per heavy atom. The van der Waals surface area contributed by atoms with Gasteiger partial charge in [-0.1, -0.05) is 18.6 Å². The third kappa shape index (κ3) is 7.19. The third-order valence-electron chi connectivity index (χ3n) is 5.35. The molecule has 0 spiro atoms. The normalized spacial score (nSPS) is 16.4. The summed E-state index contributed by atoms with van der Waals surface area (Å²) >= 11 is 0. The van der Waals surface area contributed by atoms with Crippen LogP contribution in [0.25, 0.3) is 0 Å². The topological polar surface area (TPSA) is 99.0 Å². The van der Waals surface area contributed by atoms with Gasteiger partial charge in [0.2, 0.25) is 10.0 Å². The summed E-state index contributed by atoms with van der Waals surface area (Å²) in [6, 6.07) is 10.9. The van der Waals surface area contributed by atoms with Gasteiger partial charge >= 0.3 is 0 Å². The van der Waals surface area contributed by atoms with E-state index in [1.165, 1.54) is 26.3 Å². The molecule has 3 N–H and O–H groups in total. The van der Waals surface area contributed by atoms with Gasteiger partial charge in [0.15, 0.2) is 5.96 Å². The Morgan fingerprint density at radius 1 is 1.13 bits per heavy atom. The number of hydrogen-bond acceptors (Lipinski definition) is 5. The van der Waals surface area contributed by atoms with Crippen LogP contribution >= 0.6 is 24.0 Å². The van der Waals surface area contributed by atoms with Crippen molar-refractivity contribution in [1.29, 1.82) is 0 Å². The maximum Gasteiger partial charge on any atom is 0.240 e. The van der Waals surface area contributed by atoms with Gasteiger partial charge in [0.05, 0.1) is 17.2 Å². The first-order valence-corrected chi connectivity index (χ1v) is 11.8. The maximum atomic E-state index is 11.8. The number of nitrogens with one attached hydrogen (secondary N) is 3. The van der Waals surface area contributed by atoms with Crippen LogP contribution in [-0.4, -0.2) is 53.0 Å². The number of piperidine rings is 1. The zero-order valence-electron chi connectivity index (χ0n) is 18.0. The second-order valence-electron chi connectivity index (χ2n) is 7.29. The van der Waals surface area contributed by atoms with Gasteiger partial charge in [-0.3, -0.25) is 9.89 Å². The fourth-order valence-electron chi connectivity index (χ4n) is 3.62. The number of sulfonamides is 1. The molecule has 0 bridgehead atoms. The van der Waals surface area contributed by atoms with Crippen molar-refractivity contribution in [3.05, 3.63) is 54.0 Å². The first-order chi connectivity index (χ1) is 14.5. The van der Waals surface area contributed by atoms with Gasteiger partial charge in [0.25, 0.3) is 0 Å². The zero-order chi connectivity index (χ0) is 21.4. The minimum Gasteiger partial charge on any atom is -0.468 e. The fraction of sp³-hybridized carbons (Fsp3) is 0.476. The number of guanidine groups is 1. The van der Waals surface area contributed by atoms with Gasteiger partial charge < -0.3 is 15.1 Å². The van der Waals surface area contributed by atoms with Crippen LogP contribution in [0.15, 0.2) is 57.0 Å². The number of rotatable bonds is 8. The quantitative estimate of drug-likeness (QED) is 0.261. The van der Waals surface area contributed by atoms with Crippen molar-refractivity contribution >= 4 is 40.0 Å². The highest BCUT2D eigenvalue weighted by Crippen LogP contribution is 2.24. The molecule has 1 unspecified atom stereocenters.